The minimum absolute atomic E-state index is 0.296. The largest absolute Gasteiger partial charge is 0.213 e. The van der Waals surface area contributed by atoms with Crippen molar-refractivity contribution in [3.05, 3.63) is 0 Å². The summed E-state index contributed by atoms with van der Waals surface area (Å²) in [6.07, 6.45) is 2.88. The molecule has 10 heavy (non-hydrogen) atoms. The summed E-state index contributed by atoms with van der Waals surface area (Å²) in [6.45, 7) is 0. The molecule has 0 aromatic rings. The highest BCUT2D eigenvalue weighted by atomic mass is 35.5. The fourth-order valence-electron chi connectivity index (χ4n) is 0.807. The third-order valence-corrected chi connectivity index (χ3v) is 2.83. The highest BCUT2D eigenvalue weighted by Gasteiger charge is 2.43. The maximum atomic E-state index is 10.7. The van der Waals surface area contributed by atoms with E-state index >= 15 is 0 Å². The average Bonchev–Trinajstić information content (AvgIpc) is 2.45. The number of sulfonamides is 1. The van der Waals surface area contributed by atoms with Gasteiger partial charge in [-0.05, 0) is 12.8 Å². The van der Waals surface area contributed by atoms with Gasteiger partial charge in [0.05, 0.1) is 6.26 Å². The van der Waals surface area contributed by atoms with E-state index in [1.165, 1.54) is 0 Å². The highest BCUT2D eigenvalue weighted by molar-refractivity contribution is 7.88. The van der Waals surface area contributed by atoms with Crippen LogP contribution in [0.25, 0.3) is 0 Å². The number of hydrogen-bond acceptors (Lipinski definition) is 2. The summed E-state index contributed by atoms with van der Waals surface area (Å²) in [5.41, 5.74) is -0.296. The second-order valence-corrected chi connectivity index (χ2v) is 4.80. The van der Waals surface area contributed by atoms with Crippen molar-refractivity contribution in [1.29, 1.82) is 0 Å². The Bertz CT molecular complexity index is 220. The summed E-state index contributed by atoms with van der Waals surface area (Å²) in [6, 6.07) is 0. The zero-order valence-corrected chi connectivity index (χ0v) is 7.30. The minimum Gasteiger partial charge on any atom is -0.213 e. The van der Waals surface area contributed by atoms with Gasteiger partial charge in [-0.1, -0.05) is 0 Å². The topological polar surface area (TPSA) is 46.2 Å². The Balaban J connectivity index is 2.54. The second kappa shape index (κ2) is 2.36. The lowest BCUT2D eigenvalue weighted by Gasteiger charge is -2.10. The van der Waals surface area contributed by atoms with Crippen LogP contribution in [0.5, 0.6) is 0 Å². The Hall–Kier alpha value is 0.200. The molecule has 0 amide bonds. The van der Waals surface area contributed by atoms with Gasteiger partial charge < -0.3 is 0 Å². The van der Waals surface area contributed by atoms with Crippen molar-refractivity contribution >= 4 is 21.6 Å². The molecule has 1 N–H and O–H groups in total. The van der Waals surface area contributed by atoms with E-state index in [1.807, 2.05) is 0 Å². The van der Waals surface area contributed by atoms with Crippen molar-refractivity contribution < 1.29 is 8.42 Å². The van der Waals surface area contributed by atoms with Crippen LogP contribution in [-0.4, -0.2) is 26.1 Å². The van der Waals surface area contributed by atoms with Gasteiger partial charge in [0.1, 0.15) is 0 Å². The van der Waals surface area contributed by atoms with E-state index in [-0.39, 0.29) is 5.54 Å². The smallest absolute Gasteiger partial charge is 0.209 e. The Morgan fingerprint density at radius 2 is 2.10 bits per heavy atom. The number of hydrogen-bond donors (Lipinski definition) is 1. The Kier molecular flexibility index (Phi) is 1.96. The fourth-order valence-corrected chi connectivity index (χ4v) is 2.28. The number of halogens is 1. The Morgan fingerprint density at radius 3 is 2.20 bits per heavy atom. The van der Waals surface area contributed by atoms with Crippen molar-refractivity contribution in [2.24, 2.45) is 0 Å². The third kappa shape index (κ3) is 2.11. The molecule has 3 nitrogen and oxygen atoms in total. The SMILES string of the molecule is CS(=O)(=O)NC1(CCl)CC1. The van der Waals surface area contributed by atoms with Gasteiger partial charge in [-0.3, -0.25) is 0 Å². The van der Waals surface area contributed by atoms with Crippen LogP contribution in [0.3, 0.4) is 0 Å². The first-order valence-corrected chi connectivity index (χ1v) is 5.45. The molecule has 0 aromatic heterocycles. The monoisotopic (exact) mass is 183 g/mol. The molecule has 0 saturated heterocycles. The normalized spacial score (nSPS) is 22.6. The van der Waals surface area contributed by atoms with Gasteiger partial charge in [-0.15, -0.1) is 11.6 Å². The molecule has 0 atom stereocenters. The number of alkyl halides is 1. The summed E-state index contributed by atoms with van der Waals surface area (Å²) in [4.78, 5) is 0. The average molecular weight is 184 g/mol. The van der Waals surface area contributed by atoms with E-state index in [0.717, 1.165) is 19.1 Å². The van der Waals surface area contributed by atoms with E-state index in [2.05, 4.69) is 4.72 Å². The predicted molar refractivity (Wildman–Crippen MR) is 40.7 cm³/mol. The minimum atomic E-state index is -3.07. The van der Waals surface area contributed by atoms with E-state index in [1.54, 1.807) is 0 Å². The fraction of sp³-hybridized carbons (Fsp3) is 1.00. The van der Waals surface area contributed by atoms with E-state index in [9.17, 15) is 8.42 Å². The predicted octanol–water partition coefficient (Wildman–Crippen LogP) is 0.307. The maximum absolute atomic E-state index is 10.7. The van der Waals surface area contributed by atoms with E-state index in [0.29, 0.717) is 5.88 Å². The van der Waals surface area contributed by atoms with Crippen LogP contribution in [0.15, 0.2) is 0 Å². The van der Waals surface area contributed by atoms with Crippen molar-refractivity contribution in [3.63, 3.8) is 0 Å². The van der Waals surface area contributed by atoms with Gasteiger partial charge in [-0.25, -0.2) is 13.1 Å². The highest BCUT2D eigenvalue weighted by Crippen LogP contribution is 2.36. The molecule has 0 bridgehead atoms. The van der Waals surface area contributed by atoms with Gasteiger partial charge in [0, 0.05) is 11.4 Å². The number of rotatable bonds is 3. The van der Waals surface area contributed by atoms with Crippen LogP contribution in [0.1, 0.15) is 12.8 Å². The molecular weight excluding hydrogens is 174 g/mol. The zero-order valence-electron chi connectivity index (χ0n) is 5.72. The van der Waals surface area contributed by atoms with Crippen LogP contribution in [0.2, 0.25) is 0 Å². The van der Waals surface area contributed by atoms with Crippen LogP contribution in [0.4, 0.5) is 0 Å². The first kappa shape index (κ1) is 8.30. The lowest BCUT2D eigenvalue weighted by atomic mass is 10.4. The zero-order chi connectivity index (χ0) is 7.83. The van der Waals surface area contributed by atoms with E-state index < -0.39 is 10.0 Å². The molecule has 5 heteroatoms. The molecule has 1 fully saturated rings. The Labute approximate surface area is 65.8 Å². The molecule has 0 aromatic carbocycles. The first-order chi connectivity index (χ1) is 4.47. The summed E-state index contributed by atoms with van der Waals surface area (Å²) >= 11 is 5.53. The van der Waals surface area contributed by atoms with Crippen LogP contribution < -0.4 is 4.72 Å². The third-order valence-electron chi connectivity index (χ3n) is 1.51. The quantitative estimate of drug-likeness (QED) is 0.641. The molecule has 0 radical (unpaired) electrons. The molecule has 1 rings (SSSR count). The summed E-state index contributed by atoms with van der Waals surface area (Å²) < 4.78 is 23.8. The molecule has 60 valence electrons. The van der Waals surface area contributed by atoms with Gasteiger partial charge in [0.25, 0.3) is 0 Å². The molecule has 1 aliphatic carbocycles. The lowest BCUT2D eigenvalue weighted by Crippen LogP contribution is -2.37. The van der Waals surface area contributed by atoms with Gasteiger partial charge >= 0.3 is 0 Å². The molecule has 0 spiro atoms. The molecular formula is C5H10ClNO2S. The van der Waals surface area contributed by atoms with Gasteiger partial charge in [0.15, 0.2) is 0 Å². The van der Waals surface area contributed by atoms with Gasteiger partial charge in [-0.2, -0.15) is 0 Å². The van der Waals surface area contributed by atoms with Crippen LogP contribution in [-0.2, 0) is 10.0 Å². The van der Waals surface area contributed by atoms with Crippen molar-refractivity contribution in [1.82, 2.24) is 4.72 Å². The van der Waals surface area contributed by atoms with Crippen molar-refractivity contribution in [2.75, 3.05) is 12.1 Å². The molecule has 0 heterocycles. The standard InChI is InChI=1S/C5H10ClNO2S/c1-10(8,9)7-5(4-6)2-3-5/h7H,2-4H2,1H3. The first-order valence-electron chi connectivity index (χ1n) is 3.02. The summed E-state index contributed by atoms with van der Waals surface area (Å²) in [7, 11) is -3.07. The second-order valence-electron chi connectivity index (χ2n) is 2.79. The van der Waals surface area contributed by atoms with Crippen molar-refractivity contribution in [3.8, 4) is 0 Å². The van der Waals surface area contributed by atoms with E-state index in [4.69, 9.17) is 11.6 Å². The Morgan fingerprint density at radius 1 is 1.60 bits per heavy atom. The molecule has 0 unspecified atom stereocenters. The maximum Gasteiger partial charge on any atom is 0.209 e. The molecule has 1 saturated carbocycles. The van der Waals surface area contributed by atoms with Gasteiger partial charge in [0.2, 0.25) is 10.0 Å². The lowest BCUT2D eigenvalue weighted by molar-refractivity contribution is 0.565. The number of nitrogens with one attached hydrogen (secondary N) is 1. The van der Waals surface area contributed by atoms with Crippen LogP contribution in [0, 0.1) is 0 Å². The molecule has 1 aliphatic rings. The summed E-state index contributed by atoms with van der Waals surface area (Å²) in [5, 5.41) is 0. The van der Waals surface area contributed by atoms with Crippen molar-refractivity contribution in [2.45, 2.75) is 18.4 Å². The summed E-state index contributed by atoms with van der Waals surface area (Å²) in [5.74, 6) is 0.375. The molecule has 0 aliphatic heterocycles. The van der Waals surface area contributed by atoms with Crippen LogP contribution >= 0.6 is 11.6 Å².